The summed E-state index contributed by atoms with van der Waals surface area (Å²) >= 11 is -1.82. The first kappa shape index (κ1) is 45.9. The van der Waals surface area contributed by atoms with Gasteiger partial charge in [0.05, 0.1) is 0 Å². The molecule has 0 aromatic heterocycles. The molecule has 0 aliphatic rings. The molecule has 0 unspecified atom stereocenters. The van der Waals surface area contributed by atoms with E-state index in [4.69, 9.17) is 0 Å². The minimum atomic E-state index is -0.910. The van der Waals surface area contributed by atoms with E-state index in [1.54, 1.807) is 0 Å². The van der Waals surface area contributed by atoms with Crippen LogP contribution in [0, 0.1) is 0 Å². The largest absolute Gasteiger partial charge is 2.00 e. The van der Waals surface area contributed by atoms with E-state index in [1.807, 2.05) is 0 Å². The first-order valence-corrected chi connectivity index (χ1v) is 21.4. The number of hydrogen-bond donors (Lipinski definition) is 0. The third-order valence-corrected chi connectivity index (χ3v) is 10.5. The van der Waals surface area contributed by atoms with Gasteiger partial charge in [-0.3, -0.25) is 0 Å². The number of carbonyl (C=O) groups excluding carboxylic acids is 2. The van der Waals surface area contributed by atoms with Gasteiger partial charge in [0.25, 0.3) is 0 Å². The zero-order valence-electron chi connectivity index (χ0n) is 27.6. The van der Waals surface area contributed by atoms with Crippen molar-refractivity contribution in [1.29, 1.82) is 0 Å². The Bertz CT molecular complexity index is 465. The summed E-state index contributed by atoms with van der Waals surface area (Å²) < 4.78 is 0. The summed E-state index contributed by atoms with van der Waals surface area (Å²) in [4.78, 5) is 19.0. The topological polar surface area (TPSA) is 80.3 Å². The van der Waals surface area contributed by atoms with Gasteiger partial charge in [0.15, 0.2) is 0 Å². The fourth-order valence-electron chi connectivity index (χ4n) is 5.28. The number of rotatable bonds is 32. The predicted octanol–water partition coefficient (Wildman–Crippen LogP) is 9.33. The number of unbranched alkanes of at least 4 members (excludes halogenated alkanes) is 26. The van der Waals surface area contributed by atoms with Gasteiger partial charge in [-0.2, -0.15) is 0 Å². The van der Waals surface area contributed by atoms with Crippen molar-refractivity contribution < 1.29 is 36.9 Å². The van der Waals surface area contributed by atoms with Gasteiger partial charge < -0.3 is 19.8 Å². The van der Waals surface area contributed by atoms with Crippen LogP contribution in [0.3, 0.4) is 0 Å². The van der Waals surface area contributed by atoms with E-state index in [0.717, 1.165) is 23.4 Å². The Labute approximate surface area is 279 Å². The number of carbonyl (C=O) groups is 2. The molecular weight excluding hydrogens is 582 g/mol. The van der Waals surface area contributed by atoms with Crippen molar-refractivity contribution in [2.24, 2.45) is 0 Å². The summed E-state index contributed by atoms with van der Waals surface area (Å²) in [6.45, 7) is 4.54. The number of carboxylic acid groups (broad SMARTS) is 2. The van der Waals surface area contributed by atoms with Crippen molar-refractivity contribution in [2.75, 3.05) is 0 Å². The Kier molecular flexibility index (Phi) is 47.8. The minimum absolute atomic E-state index is 0. The Morgan fingerprint density at radius 3 is 0.707 bits per heavy atom. The molecule has 0 aliphatic carbocycles. The maximum absolute atomic E-state index is 10.3. The molecular formula is C34H68Al2FeO4. The van der Waals surface area contributed by atoms with Crippen molar-refractivity contribution >= 4 is 40.1 Å². The van der Waals surface area contributed by atoms with Gasteiger partial charge in [-0.05, 0) is 9.66 Å². The first-order valence-electron chi connectivity index (χ1n) is 17.9. The zero-order chi connectivity index (χ0) is 29.8. The van der Waals surface area contributed by atoms with Crippen molar-refractivity contribution in [1.82, 2.24) is 0 Å². The molecule has 7 heteroatoms. The molecule has 41 heavy (non-hydrogen) atoms. The summed E-state index contributed by atoms with van der Waals surface area (Å²) in [5.74, 6) is 0. The third-order valence-electron chi connectivity index (χ3n) is 7.97. The van der Waals surface area contributed by atoms with E-state index in [9.17, 15) is 19.8 Å². The van der Waals surface area contributed by atoms with Crippen molar-refractivity contribution in [3.63, 3.8) is 0 Å². The van der Waals surface area contributed by atoms with Crippen LogP contribution in [0.2, 0.25) is 10.6 Å². The molecule has 4 nitrogen and oxygen atoms in total. The summed E-state index contributed by atoms with van der Waals surface area (Å²) in [6.07, 6.45) is 38.0. The summed E-state index contributed by atoms with van der Waals surface area (Å²) in [5.41, 5.74) is 0. The second-order valence-corrected chi connectivity index (χ2v) is 15.7. The van der Waals surface area contributed by atoms with Crippen LogP contribution in [-0.4, -0.2) is 40.1 Å². The van der Waals surface area contributed by atoms with Crippen LogP contribution in [0.4, 0.5) is 9.59 Å². The first-order chi connectivity index (χ1) is 19.5. The molecule has 0 spiro atoms. The van der Waals surface area contributed by atoms with Crippen LogP contribution in [0.1, 0.15) is 194 Å². The Hall–Kier alpha value is 0.524. The van der Waals surface area contributed by atoms with E-state index in [2.05, 4.69) is 13.8 Å². The molecule has 0 N–H and O–H groups in total. The standard InChI is InChI=1S/2C16H33.2CO2.2Al.Fe.2H/c2*1-3-5-7-9-11-13-15-16-14-12-10-8-6-4-2;2*2-1-3;;;;;/h2*1,3-16H2,2H3;;;;;;;/q;;2*-1;;;+2;;. The molecule has 0 saturated heterocycles. The van der Waals surface area contributed by atoms with Gasteiger partial charge in [-0.15, -0.1) is 0 Å². The van der Waals surface area contributed by atoms with Gasteiger partial charge in [-0.1, -0.05) is 204 Å². The molecule has 0 aromatic carbocycles. The Morgan fingerprint density at radius 2 is 0.537 bits per heavy atom. The molecule has 0 saturated carbocycles. The smallest absolute Gasteiger partial charge is 0.570 e. The van der Waals surface area contributed by atoms with Crippen molar-refractivity contribution in [3.8, 4) is 0 Å². The van der Waals surface area contributed by atoms with E-state index < -0.39 is 40.1 Å². The van der Waals surface area contributed by atoms with Gasteiger partial charge in [0.2, 0.25) is 0 Å². The maximum atomic E-state index is 10.3. The van der Waals surface area contributed by atoms with E-state index in [-0.39, 0.29) is 17.1 Å². The molecule has 0 aliphatic heterocycles. The SMILES string of the molecule is CCCCCCCCCCCCCCC[CH2][AlH][C](=O)[O-].CCCCCCCCCCCCCCC[CH2][AlH][C](=O)[O-].[Fe+2]. The molecule has 0 rings (SSSR count). The van der Waals surface area contributed by atoms with Crippen LogP contribution >= 0.6 is 0 Å². The normalized spacial score (nSPS) is 10.4. The summed E-state index contributed by atoms with van der Waals surface area (Å²) in [6, 6.07) is 0. The average Bonchev–Trinajstić information content (AvgIpc) is 2.93. The van der Waals surface area contributed by atoms with Crippen LogP contribution in [0.5, 0.6) is 0 Å². The van der Waals surface area contributed by atoms with Gasteiger partial charge >= 0.3 is 47.5 Å². The molecule has 0 radical (unpaired) electrons. The molecule has 0 heterocycles. The summed E-state index contributed by atoms with van der Waals surface area (Å²) in [5, 5.41) is 22.4. The van der Waals surface area contributed by atoms with Crippen LogP contribution in [0.25, 0.3) is 0 Å². The predicted molar refractivity (Wildman–Crippen MR) is 175 cm³/mol. The third kappa shape index (κ3) is 50.5. The van der Waals surface area contributed by atoms with Crippen LogP contribution in [-0.2, 0) is 17.1 Å². The monoisotopic (exact) mass is 650 g/mol. The Balaban J connectivity index is -0.000000688. The maximum Gasteiger partial charge on any atom is 2.00 e. The minimum Gasteiger partial charge on any atom is -0.570 e. The fraction of sp³-hybridized carbons (Fsp3) is 0.941. The van der Waals surface area contributed by atoms with E-state index in [1.165, 1.54) is 167 Å². The quantitative estimate of drug-likeness (QED) is 0.0537. The van der Waals surface area contributed by atoms with Gasteiger partial charge in [0, 0.05) is 0 Å². The Morgan fingerprint density at radius 1 is 0.366 bits per heavy atom. The van der Waals surface area contributed by atoms with Gasteiger partial charge in [0.1, 0.15) is 0 Å². The van der Waals surface area contributed by atoms with Gasteiger partial charge in [-0.25, -0.2) is 0 Å². The molecule has 242 valence electrons. The molecule has 0 amide bonds. The van der Waals surface area contributed by atoms with Crippen LogP contribution < -0.4 is 10.2 Å². The van der Waals surface area contributed by atoms with Crippen LogP contribution in [0.15, 0.2) is 0 Å². The average molecular weight is 651 g/mol. The summed E-state index contributed by atoms with van der Waals surface area (Å²) in [7, 11) is 0. The second-order valence-electron chi connectivity index (χ2n) is 12.1. The molecule has 0 aromatic rings. The second kappa shape index (κ2) is 42.7. The molecule has 0 bridgehead atoms. The zero-order valence-corrected chi connectivity index (χ0v) is 31.5. The molecule has 0 fully saturated rings. The van der Waals surface area contributed by atoms with E-state index >= 15 is 0 Å². The fourth-order valence-corrected chi connectivity index (χ4v) is 7.07. The van der Waals surface area contributed by atoms with Crippen molar-refractivity contribution in [2.45, 2.75) is 204 Å². The van der Waals surface area contributed by atoms with Crippen molar-refractivity contribution in [3.05, 3.63) is 0 Å². The number of hydrogen-bond acceptors (Lipinski definition) is 4. The molecule has 0 atom stereocenters. The van der Waals surface area contributed by atoms with E-state index in [0.29, 0.717) is 0 Å².